The van der Waals surface area contributed by atoms with Gasteiger partial charge in [0.1, 0.15) is 11.8 Å². The third-order valence-electron chi connectivity index (χ3n) is 4.29. The van der Waals surface area contributed by atoms with Crippen molar-refractivity contribution in [1.29, 1.82) is 0 Å². The van der Waals surface area contributed by atoms with Crippen LogP contribution in [-0.2, 0) is 21.2 Å². The summed E-state index contributed by atoms with van der Waals surface area (Å²) in [5, 5.41) is 2.89. The number of hydrogen-bond donors (Lipinski definition) is 1. The quantitative estimate of drug-likeness (QED) is 0.749. The Kier molecular flexibility index (Phi) is 6.85. The Morgan fingerprint density at radius 3 is 2.44 bits per heavy atom. The number of anilines is 2. The number of carbonyl (C=O) groups is 1. The molecule has 1 atom stereocenters. The molecule has 27 heavy (non-hydrogen) atoms. The van der Waals surface area contributed by atoms with Gasteiger partial charge in [-0.05, 0) is 36.6 Å². The van der Waals surface area contributed by atoms with Gasteiger partial charge in [0.15, 0.2) is 0 Å². The number of amides is 1. The molecule has 0 saturated carbocycles. The molecule has 2 aromatic rings. The number of para-hydroxylation sites is 1. The summed E-state index contributed by atoms with van der Waals surface area (Å²) in [5.41, 5.74) is 2.08. The number of nitrogens with zero attached hydrogens (tertiary/aromatic N) is 1. The van der Waals surface area contributed by atoms with E-state index in [9.17, 15) is 13.2 Å². The lowest BCUT2D eigenvalue weighted by atomic mass is 10.1. The van der Waals surface area contributed by atoms with E-state index in [1.54, 1.807) is 31.2 Å². The van der Waals surface area contributed by atoms with Crippen LogP contribution in [0.2, 0.25) is 0 Å². The number of carbonyl (C=O) groups excluding carboxylic acids is 1. The molecule has 2 aromatic carbocycles. The van der Waals surface area contributed by atoms with Crippen molar-refractivity contribution in [3.05, 3.63) is 54.1 Å². The Morgan fingerprint density at radius 1 is 1.15 bits per heavy atom. The third-order valence-corrected chi connectivity index (χ3v) is 5.47. The van der Waals surface area contributed by atoms with Crippen molar-refractivity contribution in [2.45, 2.75) is 32.7 Å². The fourth-order valence-corrected chi connectivity index (χ4v) is 4.18. The van der Waals surface area contributed by atoms with Crippen LogP contribution in [0.1, 0.15) is 25.8 Å². The van der Waals surface area contributed by atoms with Crippen molar-refractivity contribution in [3.63, 3.8) is 0 Å². The smallest absolute Gasteiger partial charge is 0.248 e. The third kappa shape index (κ3) is 5.01. The van der Waals surface area contributed by atoms with Crippen molar-refractivity contribution in [1.82, 2.24) is 0 Å². The fourth-order valence-electron chi connectivity index (χ4n) is 2.97. The number of methoxy groups -OCH3 is 1. The molecule has 7 heteroatoms. The normalized spacial score (nSPS) is 12.3. The lowest BCUT2D eigenvalue weighted by Gasteiger charge is -2.30. The summed E-state index contributed by atoms with van der Waals surface area (Å²) in [6.07, 6.45) is 2.19. The fraction of sp³-hybridized carbons (Fsp3) is 0.350. The first kappa shape index (κ1) is 20.8. The Morgan fingerprint density at radius 2 is 1.85 bits per heavy atom. The van der Waals surface area contributed by atoms with Gasteiger partial charge in [-0.2, -0.15) is 0 Å². The second-order valence-corrected chi connectivity index (χ2v) is 8.04. The van der Waals surface area contributed by atoms with Crippen molar-refractivity contribution in [2.75, 3.05) is 23.0 Å². The van der Waals surface area contributed by atoms with E-state index in [0.717, 1.165) is 22.5 Å². The molecule has 0 unspecified atom stereocenters. The van der Waals surface area contributed by atoms with E-state index in [4.69, 9.17) is 4.74 Å². The first-order valence-electron chi connectivity index (χ1n) is 8.84. The molecule has 0 aliphatic carbocycles. The second-order valence-electron chi connectivity index (χ2n) is 6.18. The molecule has 0 saturated heterocycles. The number of sulfonamides is 1. The SMILES string of the molecule is CCc1ccccc1NC(=O)[C@H](CC)N(c1cccc(OC)c1)S(C)(=O)=O. The number of benzene rings is 2. The highest BCUT2D eigenvalue weighted by Gasteiger charge is 2.32. The summed E-state index contributed by atoms with van der Waals surface area (Å²) in [7, 11) is -2.18. The predicted octanol–water partition coefficient (Wildman–Crippen LogP) is 3.44. The molecule has 0 aromatic heterocycles. The van der Waals surface area contributed by atoms with E-state index in [2.05, 4.69) is 5.32 Å². The Bertz CT molecular complexity index is 896. The van der Waals surface area contributed by atoms with Crippen LogP contribution in [0.25, 0.3) is 0 Å². The zero-order valence-electron chi connectivity index (χ0n) is 16.1. The monoisotopic (exact) mass is 390 g/mol. The van der Waals surface area contributed by atoms with Gasteiger partial charge in [-0.25, -0.2) is 8.42 Å². The van der Waals surface area contributed by atoms with Crippen LogP contribution >= 0.6 is 0 Å². The standard InChI is InChI=1S/C20H26N2O4S/c1-5-15-10-7-8-13-18(15)21-20(23)19(6-2)22(27(4,24)25)16-11-9-12-17(14-16)26-3/h7-14,19H,5-6H2,1-4H3,(H,21,23)/t19-/m0/s1. The molecular weight excluding hydrogens is 364 g/mol. The van der Waals surface area contributed by atoms with Crippen LogP contribution in [0.3, 0.4) is 0 Å². The maximum Gasteiger partial charge on any atom is 0.248 e. The van der Waals surface area contributed by atoms with E-state index in [1.165, 1.54) is 7.11 Å². The summed E-state index contributed by atoms with van der Waals surface area (Å²) in [6, 6.07) is 13.3. The largest absolute Gasteiger partial charge is 0.497 e. The number of hydrogen-bond acceptors (Lipinski definition) is 4. The summed E-state index contributed by atoms with van der Waals surface area (Å²) in [6.45, 7) is 3.79. The lowest BCUT2D eigenvalue weighted by Crippen LogP contribution is -2.47. The number of nitrogens with one attached hydrogen (secondary N) is 1. The van der Waals surface area contributed by atoms with Gasteiger partial charge >= 0.3 is 0 Å². The molecule has 6 nitrogen and oxygen atoms in total. The van der Waals surface area contributed by atoms with Crippen LogP contribution < -0.4 is 14.4 Å². The Balaban J connectivity index is 2.41. The highest BCUT2D eigenvalue weighted by molar-refractivity contribution is 7.92. The van der Waals surface area contributed by atoms with Crippen molar-refractivity contribution >= 4 is 27.3 Å². The molecule has 1 N–H and O–H groups in total. The minimum absolute atomic E-state index is 0.324. The molecule has 2 rings (SSSR count). The molecule has 0 radical (unpaired) electrons. The van der Waals surface area contributed by atoms with E-state index in [0.29, 0.717) is 23.5 Å². The number of ether oxygens (including phenoxy) is 1. The first-order valence-corrected chi connectivity index (χ1v) is 10.7. The van der Waals surface area contributed by atoms with Crippen LogP contribution in [0.4, 0.5) is 11.4 Å². The average Bonchev–Trinajstić information content (AvgIpc) is 2.65. The van der Waals surface area contributed by atoms with Gasteiger partial charge in [-0.3, -0.25) is 9.10 Å². The highest BCUT2D eigenvalue weighted by Crippen LogP contribution is 2.27. The van der Waals surface area contributed by atoms with Crippen LogP contribution in [0.15, 0.2) is 48.5 Å². The topological polar surface area (TPSA) is 75.7 Å². The van der Waals surface area contributed by atoms with E-state index in [1.807, 2.05) is 31.2 Å². The Labute approximate surface area is 161 Å². The van der Waals surface area contributed by atoms with Gasteiger partial charge in [0.05, 0.1) is 19.1 Å². The average molecular weight is 391 g/mol. The second kappa shape index (κ2) is 8.90. The number of aryl methyl sites for hydroxylation is 1. The predicted molar refractivity (Wildman–Crippen MR) is 109 cm³/mol. The number of rotatable bonds is 8. The van der Waals surface area contributed by atoms with Crippen molar-refractivity contribution < 1.29 is 17.9 Å². The maximum atomic E-state index is 13.0. The van der Waals surface area contributed by atoms with Gasteiger partial charge in [0.2, 0.25) is 15.9 Å². The minimum Gasteiger partial charge on any atom is -0.497 e. The molecule has 0 spiro atoms. The summed E-state index contributed by atoms with van der Waals surface area (Å²) < 4.78 is 31.4. The van der Waals surface area contributed by atoms with Gasteiger partial charge in [0.25, 0.3) is 0 Å². The minimum atomic E-state index is -3.69. The molecule has 0 aliphatic heterocycles. The molecule has 0 aliphatic rings. The molecular formula is C20H26N2O4S. The van der Waals surface area contributed by atoms with Crippen LogP contribution in [0.5, 0.6) is 5.75 Å². The highest BCUT2D eigenvalue weighted by atomic mass is 32.2. The van der Waals surface area contributed by atoms with Gasteiger partial charge < -0.3 is 10.1 Å². The molecule has 0 bridgehead atoms. The zero-order valence-corrected chi connectivity index (χ0v) is 16.9. The molecule has 1 amide bonds. The van der Waals surface area contributed by atoms with Gasteiger partial charge in [0, 0.05) is 11.8 Å². The molecule has 146 valence electrons. The van der Waals surface area contributed by atoms with Crippen molar-refractivity contribution in [3.8, 4) is 5.75 Å². The first-order chi connectivity index (χ1) is 12.8. The Hall–Kier alpha value is -2.54. The van der Waals surface area contributed by atoms with Gasteiger partial charge in [-0.1, -0.05) is 38.1 Å². The summed E-state index contributed by atoms with van der Waals surface area (Å²) in [4.78, 5) is 13.0. The molecule has 0 fully saturated rings. The summed E-state index contributed by atoms with van der Waals surface area (Å²) >= 11 is 0. The van der Waals surface area contributed by atoms with Crippen molar-refractivity contribution in [2.24, 2.45) is 0 Å². The van der Waals surface area contributed by atoms with E-state index in [-0.39, 0.29) is 5.91 Å². The molecule has 0 heterocycles. The maximum absolute atomic E-state index is 13.0. The van der Waals surface area contributed by atoms with Gasteiger partial charge in [-0.15, -0.1) is 0 Å². The van der Waals surface area contributed by atoms with E-state index >= 15 is 0 Å². The van der Waals surface area contributed by atoms with E-state index < -0.39 is 16.1 Å². The lowest BCUT2D eigenvalue weighted by molar-refractivity contribution is -0.117. The van der Waals surface area contributed by atoms with Crippen LogP contribution in [-0.4, -0.2) is 33.7 Å². The van der Waals surface area contributed by atoms with Crippen LogP contribution in [0, 0.1) is 0 Å². The summed E-state index contributed by atoms with van der Waals surface area (Å²) in [5.74, 6) is 0.152. The zero-order chi connectivity index (χ0) is 20.0.